The van der Waals surface area contributed by atoms with E-state index in [0.29, 0.717) is 23.9 Å². The van der Waals surface area contributed by atoms with Gasteiger partial charge in [0.1, 0.15) is 5.75 Å². The summed E-state index contributed by atoms with van der Waals surface area (Å²) in [6.45, 7) is 5.45. The van der Waals surface area contributed by atoms with E-state index in [1.54, 1.807) is 7.11 Å². The van der Waals surface area contributed by atoms with Gasteiger partial charge in [-0.25, -0.2) is 4.79 Å². The molecule has 7 heteroatoms. The van der Waals surface area contributed by atoms with Crippen LogP contribution >= 0.6 is 0 Å². The van der Waals surface area contributed by atoms with E-state index in [4.69, 9.17) is 14.2 Å². The van der Waals surface area contributed by atoms with E-state index in [9.17, 15) is 4.79 Å². The number of anilines is 1. The summed E-state index contributed by atoms with van der Waals surface area (Å²) in [4.78, 5) is 14.7. The predicted octanol–water partition coefficient (Wildman–Crippen LogP) is 1.55. The fourth-order valence-electron chi connectivity index (χ4n) is 3.47. The van der Waals surface area contributed by atoms with Crippen LogP contribution in [0.15, 0.2) is 24.3 Å². The highest BCUT2D eigenvalue weighted by Crippen LogP contribution is 2.24. The van der Waals surface area contributed by atoms with Crippen LogP contribution in [0, 0.1) is 5.92 Å². The van der Waals surface area contributed by atoms with E-state index >= 15 is 0 Å². The number of rotatable bonds is 6. The molecule has 0 radical (unpaired) electrons. The molecule has 2 atom stereocenters. The van der Waals surface area contributed by atoms with Crippen molar-refractivity contribution in [3.05, 3.63) is 24.3 Å². The number of urea groups is 1. The second-order valence-electron chi connectivity index (χ2n) is 6.37. The predicted molar refractivity (Wildman–Crippen MR) is 95.1 cm³/mol. The number of amides is 2. The van der Waals surface area contributed by atoms with E-state index in [1.165, 1.54) is 0 Å². The number of morpholine rings is 1. The number of carbonyl (C=O) groups excluding carboxylic acids is 1. The van der Waals surface area contributed by atoms with Crippen molar-refractivity contribution in [3.63, 3.8) is 0 Å². The molecule has 2 aliphatic heterocycles. The first-order chi connectivity index (χ1) is 12.3. The van der Waals surface area contributed by atoms with Gasteiger partial charge in [-0.15, -0.1) is 0 Å². The van der Waals surface area contributed by atoms with Gasteiger partial charge in [-0.3, -0.25) is 4.90 Å². The van der Waals surface area contributed by atoms with Gasteiger partial charge in [-0.05, 0) is 18.6 Å². The van der Waals surface area contributed by atoms with Gasteiger partial charge in [-0.2, -0.15) is 0 Å². The lowest BCUT2D eigenvalue weighted by atomic mass is 9.97. The van der Waals surface area contributed by atoms with Crippen LogP contribution in [0.3, 0.4) is 0 Å². The van der Waals surface area contributed by atoms with Gasteiger partial charge < -0.3 is 24.8 Å². The maximum atomic E-state index is 12.3. The van der Waals surface area contributed by atoms with Crippen molar-refractivity contribution in [1.29, 1.82) is 0 Å². The first kappa shape index (κ1) is 18.0. The summed E-state index contributed by atoms with van der Waals surface area (Å²) in [6.07, 6.45) is 1.04. The number of benzene rings is 1. The molecule has 2 N–H and O–H groups in total. The van der Waals surface area contributed by atoms with Crippen LogP contribution in [0.25, 0.3) is 0 Å². The largest absolute Gasteiger partial charge is 0.495 e. The molecule has 2 aliphatic rings. The molecule has 138 valence electrons. The maximum Gasteiger partial charge on any atom is 0.319 e. The molecule has 2 amide bonds. The van der Waals surface area contributed by atoms with Crippen molar-refractivity contribution in [3.8, 4) is 5.75 Å². The Labute approximate surface area is 148 Å². The molecule has 1 aromatic rings. The number of para-hydroxylation sites is 2. The molecule has 2 fully saturated rings. The zero-order valence-corrected chi connectivity index (χ0v) is 14.7. The van der Waals surface area contributed by atoms with Crippen LogP contribution in [0.4, 0.5) is 10.5 Å². The molecule has 25 heavy (non-hydrogen) atoms. The first-order valence-corrected chi connectivity index (χ1v) is 8.85. The third-order valence-electron chi connectivity index (χ3n) is 4.85. The molecule has 3 rings (SSSR count). The van der Waals surface area contributed by atoms with Crippen molar-refractivity contribution < 1.29 is 19.0 Å². The standard InChI is InChI=1S/C18H27N3O4/c1-23-17-5-3-2-4-15(17)20-18(22)19-12-16(14-6-9-25-13-14)21-7-10-24-11-8-21/h2-5,14,16H,6-13H2,1H3,(H2,19,20,22)/t14-,16+/m1/s1. The van der Waals surface area contributed by atoms with Gasteiger partial charge in [0.25, 0.3) is 0 Å². The normalized spacial score (nSPS) is 22.4. The van der Waals surface area contributed by atoms with E-state index in [1.807, 2.05) is 24.3 Å². The van der Waals surface area contributed by atoms with Gasteiger partial charge in [0.2, 0.25) is 0 Å². The van der Waals surface area contributed by atoms with Gasteiger partial charge in [0.05, 0.1) is 32.6 Å². The number of nitrogens with one attached hydrogen (secondary N) is 2. The quantitative estimate of drug-likeness (QED) is 0.815. The van der Waals surface area contributed by atoms with Crippen molar-refractivity contribution in [1.82, 2.24) is 10.2 Å². The lowest BCUT2D eigenvalue weighted by molar-refractivity contribution is 0.00222. The second-order valence-corrected chi connectivity index (χ2v) is 6.37. The molecule has 0 saturated carbocycles. The summed E-state index contributed by atoms with van der Waals surface area (Å²) in [7, 11) is 1.59. The first-order valence-electron chi connectivity index (χ1n) is 8.85. The minimum atomic E-state index is -0.221. The molecule has 1 aromatic carbocycles. The van der Waals surface area contributed by atoms with Gasteiger partial charge in [0.15, 0.2) is 0 Å². The molecule has 0 bridgehead atoms. The van der Waals surface area contributed by atoms with Crippen LogP contribution in [0.2, 0.25) is 0 Å². The fraction of sp³-hybridized carbons (Fsp3) is 0.611. The highest BCUT2D eigenvalue weighted by atomic mass is 16.5. The van der Waals surface area contributed by atoms with E-state index < -0.39 is 0 Å². The Bertz CT molecular complexity index is 557. The van der Waals surface area contributed by atoms with Gasteiger partial charge in [-0.1, -0.05) is 12.1 Å². The molecule has 2 saturated heterocycles. The lowest BCUT2D eigenvalue weighted by Crippen LogP contribution is -2.52. The van der Waals surface area contributed by atoms with Crippen molar-refractivity contribution in [2.24, 2.45) is 5.92 Å². The second kappa shape index (κ2) is 9.03. The molecule has 2 heterocycles. The van der Waals surface area contributed by atoms with Gasteiger partial charge in [0, 0.05) is 38.2 Å². The zero-order chi connectivity index (χ0) is 17.5. The Morgan fingerprint density at radius 1 is 1.28 bits per heavy atom. The summed E-state index contributed by atoms with van der Waals surface area (Å²) in [5, 5.41) is 5.87. The monoisotopic (exact) mass is 349 g/mol. The highest BCUT2D eigenvalue weighted by Gasteiger charge is 2.31. The van der Waals surface area contributed by atoms with Crippen LogP contribution < -0.4 is 15.4 Å². The van der Waals surface area contributed by atoms with Crippen LogP contribution in [-0.4, -0.2) is 70.1 Å². The Kier molecular flexibility index (Phi) is 6.49. The summed E-state index contributed by atoms with van der Waals surface area (Å²) in [5.41, 5.74) is 0.662. The fourth-order valence-corrected chi connectivity index (χ4v) is 3.47. The molecule has 0 spiro atoms. The van der Waals surface area contributed by atoms with Gasteiger partial charge >= 0.3 is 6.03 Å². The Morgan fingerprint density at radius 2 is 2.08 bits per heavy atom. The minimum Gasteiger partial charge on any atom is -0.495 e. The number of hydrogen-bond donors (Lipinski definition) is 2. The zero-order valence-electron chi connectivity index (χ0n) is 14.7. The number of ether oxygens (including phenoxy) is 3. The summed E-state index contributed by atoms with van der Waals surface area (Å²) < 4.78 is 16.3. The van der Waals surface area contributed by atoms with Crippen molar-refractivity contribution >= 4 is 11.7 Å². The molecule has 0 aromatic heterocycles. The van der Waals surface area contributed by atoms with E-state index in [0.717, 1.165) is 45.9 Å². The van der Waals surface area contributed by atoms with E-state index in [2.05, 4.69) is 15.5 Å². The average molecular weight is 349 g/mol. The summed E-state index contributed by atoms with van der Waals surface area (Å²) in [6, 6.07) is 7.43. The summed E-state index contributed by atoms with van der Waals surface area (Å²) in [5.74, 6) is 1.09. The molecule has 0 aliphatic carbocycles. The van der Waals surface area contributed by atoms with Crippen LogP contribution in [-0.2, 0) is 9.47 Å². The molecule has 7 nitrogen and oxygen atoms in total. The minimum absolute atomic E-state index is 0.221. The molecular weight excluding hydrogens is 322 g/mol. The number of methoxy groups -OCH3 is 1. The third kappa shape index (κ3) is 4.84. The lowest BCUT2D eigenvalue weighted by Gasteiger charge is -2.37. The number of nitrogens with zero attached hydrogens (tertiary/aromatic N) is 1. The highest BCUT2D eigenvalue weighted by molar-refractivity contribution is 5.90. The van der Waals surface area contributed by atoms with Crippen LogP contribution in [0.5, 0.6) is 5.75 Å². The van der Waals surface area contributed by atoms with E-state index in [-0.39, 0.29) is 12.1 Å². The summed E-state index contributed by atoms with van der Waals surface area (Å²) >= 11 is 0. The maximum absolute atomic E-state index is 12.3. The Morgan fingerprint density at radius 3 is 2.80 bits per heavy atom. The molecule has 0 unspecified atom stereocenters. The smallest absolute Gasteiger partial charge is 0.319 e. The average Bonchev–Trinajstić information content (AvgIpc) is 3.18. The van der Waals surface area contributed by atoms with Crippen molar-refractivity contribution in [2.75, 3.05) is 58.5 Å². The SMILES string of the molecule is COc1ccccc1NC(=O)NC[C@@H]([C@@H]1CCOC1)N1CCOCC1. The molecular formula is C18H27N3O4. The van der Waals surface area contributed by atoms with Crippen molar-refractivity contribution in [2.45, 2.75) is 12.5 Å². The number of hydrogen-bond acceptors (Lipinski definition) is 5. The Balaban J connectivity index is 1.57. The van der Waals surface area contributed by atoms with Crippen LogP contribution in [0.1, 0.15) is 6.42 Å². The topological polar surface area (TPSA) is 72.1 Å². The number of carbonyl (C=O) groups is 1. The Hall–Kier alpha value is -1.83. The third-order valence-corrected chi connectivity index (χ3v) is 4.85.